The molecule has 4 heteroatoms. The summed E-state index contributed by atoms with van der Waals surface area (Å²) >= 11 is 1.88. The number of hydrogen-bond acceptors (Lipinski definition) is 4. The number of rotatable bonds is 6. The average Bonchev–Trinajstić information content (AvgIpc) is 2.90. The molecule has 2 heterocycles. The van der Waals surface area contributed by atoms with E-state index < -0.39 is 0 Å². The summed E-state index contributed by atoms with van der Waals surface area (Å²) in [6.07, 6.45) is 4.39. The van der Waals surface area contributed by atoms with Crippen LogP contribution in [0.5, 0.6) is 5.75 Å². The van der Waals surface area contributed by atoms with Crippen LogP contribution in [0.4, 0.5) is 0 Å². The third-order valence-corrected chi connectivity index (χ3v) is 4.60. The summed E-state index contributed by atoms with van der Waals surface area (Å²) in [6, 6.07) is 10.0. The molecule has 0 fully saturated rings. The van der Waals surface area contributed by atoms with E-state index in [2.05, 4.69) is 5.32 Å². The van der Waals surface area contributed by atoms with Crippen LogP contribution in [-0.4, -0.2) is 18.1 Å². The van der Waals surface area contributed by atoms with E-state index in [1.54, 1.807) is 0 Å². The molecule has 106 valence electrons. The zero-order valence-corrected chi connectivity index (χ0v) is 12.4. The van der Waals surface area contributed by atoms with Crippen LogP contribution in [0.15, 0.2) is 30.3 Å². The molecule has 0 radical (unpaired) electrons. The lowest BCUT2D eigenvalue weighted by Gasteiger charge is -2.09. The highest BCUT2D eigenvalue weighted by atomic mass is 32.1. The monoisotopic (exact) mass is 288 g/mol. The van der Waals surface area contributed by atoms with Gasteiger partial charge in [-0.05, 0) is 31.4 Å². The second-order valence-corrected chi connectivity index (χ2v) is 6.19. The lowest BCUT2D eigenvalue weighted by Crippen LogP contribution is -2.22. The van der Waals surface area contributed by atoms with Crippen LogP contribution < -0.4 is 10.1 Å². The standard InChI is InChI=1S/C16H20N2OS/c1-2-6-13(7-3-1)19-11-5-4-8-16-18-14-9-10-17-12-15(14)20-16/h1-3,6-7,17H,4-5,8-12H2. The highest BCUT2D eigenvalue weighted by Gasteiger charge is 2.14. The Bertz CT molecular complexity index is 515. The first-order valence-corrected chi connectivity index (χ1v) is 8.09. The van der Waals surface area contributed by atoms with E-state index in [0.717, 1.165) is 51.1 Å². The molecule has 3 rings (SSSR count). The van der Waals surface area contributed by atoms with Gasteiger partial charge in [0.1, 0.15) is 5.75 Å². The molecule has 1 aromatic heterocycles. The van der Waals surface area contributed by atoms with Gasteiger partial charge in [-0.1, -0.05) is 18.2 Å². The molecular weight excluding hydrogens is 268 g/mol. The first-order chi connectivity index (χ1) is 9.92. The number of fused-ring (bicyclic) bond motifs is 1. The number of benzene rings is 1. The second kappa shape index (κ2) is 6.86. The Balaban J connectivity index is 1.38. The van der Waals surface area contributed by atoms with Crippen molar-refractivity contribution in [1.82, 2.24) is 10.3 Å². The number of ether oxygens (including phenoxy) is 1. The third kappa shape index (κ3) is 3.58. The molecule has 0 saturated heterocycles. The number of nitrogens with one attached hydrogen (secondary N) is 1. The zero-order chi connectivity index (χ0) is 13.6. The minimum Gasteiger partial charge on any atom is -0.494 e. The van der Waals surface area contributed by atoms with Crippen LogP contribution in [0.25, 0.3) is 0 Å². The van der Waals surface area contributed by atoms with Crippen molar-refractivity contribution in [3.63, 3.8) is 0 Å². The number of aromatic nitrogens is 1. The van der Waals surface area contributed by atoms with Gasteiger partial charge < -0.3 is 10.1 Å². The van der Waals surface area contributed by atoms with Crippen LogP contribution in [-0.2, 0) is 19.4 Å². The molecule has 1 aromatic carbocycles. The normalized spacial score (nSPS) is 14.0. The van der Waals surface area contributed by atoms with Crippen molar-refractivity contribution in [2.24, 2.45) is 0 Å². The molecule has 0 aliphatic carbocycles. The van der Waals surface area contributed by atoms with Gasteiger partial charge in [0.15, 0.2) is 0 Å². The van der Waals surface area contributed by atoms with Gasteiger partial charge in [0, 0.05) is 24.4 Å². The Hall–Kier alpha value is -1.39. The smallest absolute Gasteiger partial charge is 0.119 e. The van der Waals surface area contributed by atoms with Gasteiger partial charge in [-0.3, -0.25) is 0 Å². The van der Waals surface area contributed by atoms with E-state index >= 15 is 0 Å². The van der Waals surface area contributed by atoms with E-state index in [0.29, 0.717) is 0 Å². The third-order valence-electron chi connectivity index (χ3n) is 3.44. The van der Waals surface area contributed by atoms with Gasteiger partial charge in [-0.2, -0.15) is 0 Å². The van der Waals surface area contributed by atoms with Crippen LogP contribution in [0, 0.1) is 0 Å². The van der Waals surface area contributed by atoms with Crippen molar-refractivity contribution in [1.29, 1.82) is 0 Å². The lowest BCUT2D eigenvalue weighted by atomic mass is 10.2. The Morgan fingerprint density at radius 2 is 2.10 bits per heavy atom. The van der Waals surface area contributed by atoms with Crippen LogP contribution >= 0.6 is 11.3 Å². The predicted octanol–water partition coefficient (Wildman–Crippen LogP) is 3.19. The quantitative estimate of drug-likeness (QED) is 0.829. The van der Waals surface area contributed by atoms with E-state index in [4.69, 9.17) is 9.72 Å². The van der Waals surface area contributed by atoms with Gasteiger partial charge in [0.05, 0.1) is 17.3 Å². The first-order valence-electron chi connectivity index (χ1n) is 7.28. The number of aryl methyl sites for hydroxylation is 1. The molecule has 20 heavy (non-hydrogen) atoms. The highest BCUT2D eigenvalue weighted by Crippen LogP contribution is 2.22. The van der Waals surface area contributed by atoms with Crippen LogP contribution in [0.3, 0.4) is 0 Å². The van der Waals surface area contributed by atoms with E-state index in [-0.39, 0.29) is 0 Å². The number of thiazole rings is 1. The topological polar surface area (TPSA) is 34.1 Å². The molecule has 0 bridgehead atoms. The van der Waals surface area contributed by atoms with Crippen molar-refractivity contribution in [3.05, 3.63) is 45.9 Å². The molecule has 0 unspecified atom stereocenters. The fourth-order valence-electron chi connectivity index (χ4n) is 2.37. The molecular formula is C16H20N2OS. The molecule has 0 atom stereocenters. The van der Waals surface area contributed by atoms with Crippen molar-refractivity contribution < 1.29 is 4.74 Å². The highest BCUT2D eigenvalue weighted by molar-refractivity contribution is 7.11. The van der Waals surface area contributed by atoms with Gasteiger partial charge in [-0.25, -0.2) is 4.98 Å². The maximum Gasteiger partial charge on any atom is 0.119 e. The largest absolute Gasteiger partial charge is 0.494 e. The molecule has 3 nitrogen and oxygen atoms in total. The summed E-state index contributed by atoms with van der Waals surface area (Å²) in [4.78, 5) is 6.18. The molecule has 0 saturated carbocycles. The van der Waals surface area contributed by atoms with Crippen molar-refractivity contribution in [2.75, 3.05) is 13.2 Å². The summed E-state index contributed by atoms with van der Waals surface area (Å²) in [5.41, 5.74) is 1.32. The van der Waals surface area contributed by atoms with Crippen LogP contribution in [0.2, 0.25) is 0 Å². The molecule has 2 aromatic rings. The number of para-hydroxylation sites is 1. The van der Waals surface area contributed by atoms with E-state index in [1.807, 2.05) is 41.7 Å². The summed E-state index contributed by atoms with van der Waals surface area (Å²) in [5, 5.41) is 4.69. The maximum absolute atomic E-state index is 5.70. The molecule has 1 aliphatic rings. The molecule has 1 aliphatic heterocycles. The summed E-state index contributed by atoms with van der Waals surface area (Å²) in [6.45, 7) is 2.86. The molecule has 1 N–H and O–H groups in total. The Kier molecular flexibility index (Phi) is 4.66. The van der Waals surface area contributed by atoms with E-state index in [1.165, 1.54) is 15.6 Å². The minimum absolute atomic E-state index is 0.788. The van der Waals surface area contributed by atoms with Gasteiger partial charge in [0.25, 0.3) is 0 Å². The Labute approximate surface area is 124 Å². The number of unbranched alkanes of at least 4 members (excludes halogenated alkanes) is 1. The van der Waals surface area contributed by atoms with Crippen molar-refractivity contribution in [3.8, 4) is 5.75 Å². The fourth-order valence-corrected chi connectivity index (χ4v) is 3.50. The minimum atomic E-state index is 0.788. The van der Waals surface area contributed by atoms with Gasteiger partial charge in [-0.15, -0.1) is 11.3 Å². The van der Waals surface area contributed by atoms with Crippen molar-refractivity contribution in [2.45, 2.75) is 32.2 Å². The SMILES string of the molecule is c1ccc(OCCCCc2nc3c(s2)CNCC3)cc1. The summed E-state index contributed by atoms with van der Waals surface area (Å²) in [5.74, 6) is 0.961. The summed E-state index contributed by atoms with van der Waals surface area (Å²) in [7, 11) is 0. The second-order valence-electron chi connectivity index (χ2n) is 5.02. The van der Waals surface area contributed by atoms with Crippen LogP contribution in [0.1, 0.15) is 28.4 Å². The Morgan fingerprint density at radius 3 is 2.95 bits per heavy atom. The Morgan fingerprint density at radius 1 is 1.20 bits per heavy atom. The molecule has 0 spiro atoms. The van der Waals surface area contributed by atoms with Gasteiger partial charge in [0.2, 0.25) is 0 Å². The first kappa shape index (κ1) is 13.6. The van der Waals surface area contributed by atoms with Crippen molar-refractivity contribution >= 4 is 11.3 Å². The van der Waals surface area contributed by atoms with E-state index in [9.17, 15) is 0 Å². The fraction of sp³-hybridized carbons (Fsp3) is 0.438. The number of hydrogen-bond donors (Lipinski definition) is 1. The lowest BCUT2D eigenvalue weighted by molar-refractivity contribution is 0.307. The average molecular weight is 288 g/mol. The van der Waals surface area contributed by atoms with Gasteiger partial charge >= 0.3 is 0 Å². The predicted molar refractivity (Wildman–Crippen MR) is 82.4 cm³/mol. The summed E-state index contributed by atoms with van der Waals surface area (Å²) < 4.78 is 5.70. The number of nitrogens with zero attached hydrogens (tertiary/aromatic N) is 1. The molecule has 0 amide bonds. The zero-order valence-electron chi connectivity index (χ0n) is 11.6. The maximum atomic E-state index is 5.70.